The molecule has 0 unspecified atom stereocenters. The summed E-state index contributed by atoms with van der Waals surface area (Å²) >= 11 is 0. The van der Waals surface area contributed by atoms with E-state index in [2.05, 4.69) is 14.8 Å². The van der Waals surface area contributed by atoms with Gasteiger partial charge in [-0.1, -0.05) is 12.1 Å². The van der Waals surface area contributed by atoms with Crippen LogP contribution in [0.5, 0.6) is 0 Å². The molecule has 0 N–H and O–H groups in total. The average molecular weight is 287 g/mol. The van der Waals surface area contributed by atoms with E-state index in [0.29, 0.717) is 6.04 Å². The molecular weight excluding hydrogens is 266 g/mol. The van der Waals surface area contributed by atoms with Crippen LogP contribution in [0.25, 0.3) is 11.1 Å². The molecule has 1 aromatic carbocycles. The second-order valence-electron chi connectivity index (χ2n) is 5.83. The van der Waals surface area contributed by atoms with E-state index in [-0.39, 0.29) is 0 Å². The normalized spacial score (nSPS) is 22.0. The minimum absolute atomic E-state index is 0.699. The lowest BCUT2D eigenvalue weighted by Gasteiger charge is -2.40. The molecule has 5 heteroatoms. The minimum atomic E-state index is 0.699. The highest BCUT2D eigenvalue weighted by Gasteiger charge is 2.27. The molecule has 3 heterocycles. The summed E-state index contributed by atoms with van der Waals surface area (Å²) in [6.45, 7) is 5.98. The first-order valence-corrected chi connectivity index (χ1v) is 7.82. The maximum Gasteiger partial charge on any atom is 0.298 e. The zero-order valence-corrected chi connectivity index (χ0v) is 12.2. The molecule has 2 aliphatic heterocycles. The molecule has 0 amide bonds. The van der Waals surface area contributed by atoms with E-state index >= 15 is 0 Å². The Bertz CT molecular complexity index is 565. The Balaban J connectivity index is 1.42. The van der Waals surface area contributed by atoms with Gasteiger partial charge in [0, 0.05) is 45.4 Å². The number of anilines is 1. The van der Waals surface area contributed by atoms with Crippen molar-refractivity contribution in [2.24, 2.45) is 0 Å². The third-order valence-electron chi connectivity index (χ3n) is 4.57. The van der Waals surface area contributed by atoms with Crippen LogP contribution in [0.2, 0.25) is 0 Å². The Kier molecular flexibility index (Phi) is 3.53. The fourth-order valence-corrected chi connectivity index (χ4v) is 3.32. The lowest BCUT2D eigenvalue weighted by atomic mass is 10.1. The summed E-state index contributed by atoms with van der Waals surface area (Å²) in [5.41, 5.74) is 1.82. The van der Waals surface area contributed by atoms with Crippen LogP contribution in [0.1, 0.15) is 12.8 Å². The summed E-state index contributed by atoms with van der Waals surface area (Å²) in [5.74, 6) is 0. The molecule has 0 radical (unpaired) electrons. The van der Waals surface area contributed by atoms with Crippen LogP contribution in [0, 0.1) is 0 Å². The lowest BCUT2D eigenvalue weighted by Crippen LogP contribution is -2.51. The highest BCUT2D eigenvalue weighted by atomic mass is 16.5. The summed E-state index contributed by atoms with van der Waals surface area (Å²) < 4.78 is 11.3. The Labute approximate surface area is 124 Å². The molecule has 0 saturated carbocycles. The maximum atomic E-state index is 5.86. The number of rotatable bonds is 2. The van der Waals surface area contributed by atoms with Gasteiger partial charge in [0.15, 0.2) is 5.58 Å². The van der Waals surface area contributed by atoms with Gasteiger partial charge in [0.25, 0.3) is 6.01 Å². The molecule has 112 valence electrons. The highest BCUT2D eigenvalue weighted by molar-refractivity contribution is 5.74. The minimum Gasteiger partial charge on any atom is -0.423 e. The average Bonchev–Trinajstić information content (AvgIpc) is 3.00. The Morgan fingerprint density at radius 3 is 2.52 bits per heavy atom. The number of hydrogen-bond acceptors (Lipinski definition) is 5. The summed E-state index contributed by atoms with van der Waals surface area (Å²) in [6, 6.07) is 9.43. The van der Waals surface area contributed by atoms with Crippen LogP contribution in [0.15, 0.2) is 28.7 Å². The van der Waals surface area contributed by atoms with E-state index in [4.69, 9.17) is 9.15 Å². The Morgan fingerprint density at radius 2 is 1.76 bits per heavy atom. The van der Waals surface area contributed by atoms with E-state index in [0.717, 1.165) is 56.5 Å². The van der Waals surface area contributed by atoms with E-state index in [1.165, 1.54) is 12.8 Å². The third-order valence-corrected chi connectivity index (χ3v) is 4.57. The molecule has 2 saturated heterocycles. The largest absolute Gasteiger partial charge is 0.423 e. The quantitative estimate of drug-likeness (QED) is 0.846. The molecule has 2 aliphatic rings. The molecule has 2 fully saturated rings. The van der Waals surface area contributed by atoms with Crippen molar-refractivity contribution in [3.63, 3.8) is 0 Å². The predicted molar refractivity (Wildman–Crippen MR) is 81.6 cm³/mol. The van der Waals surface area contributed by atoms with Crippen molar-refractivity contribution in [3.8, 4) is 0 Å². The smallest absolute Gasteiger partial charge is 0.298 e. The van der Waals surface area contributed by atoms with Gasteiger partial charge in [0.1, 0.15) is 5.52 Å². The number of benzene rings is 1. The van der Waals surface area contributed by atoms with Gasteiger partial charge >= 0.3 is 0 Å². The fraction of sp³-hybridized carbons (Fsp3) is 0.562. The van der Waals surface area contributed by atoms with E-state index in [1.54, 1.807) is 0 Å². The summed E-state index contributed by atoms with van der Waals surface area (Å²) in [5, 5.41) is 0. The fourth-order valence-electron chi connectivity index (χ4n) is 3.32. The monoisotopic (exact) mass is 287 g/mol. The molecule has 5 nitrogen and oxygen atoms in total. The Hall–Kier alpha value is -1.59. The number of ether oxygens (including phenoxy) is 1. The van der Waals surface area contributed by atoms with Crippen molar-refractivity contribution in [2.45, 2.75) is 18.9 Å². The van der Waals surface area contributed by atoms with Crippen LogP contribution < -0.4 is 4.90 Å². The van der Waals surface area contributed by atoms with E-state index in [9.17, 15) is 0 Å². The summed E-state index contributed by atoms with van der Waals surface area (Å²) in [6.07, 6.45) is 2.34. The van der Waals surface area contributed by atoms with Crippen molar-refractivity contribution in [3.05, 3.63) is 24.3 Å². The second-order valence-corrected chi connectivity index (χ2v) is 5.83. The van der Waals surface area contributed by atoms with Crippen molar-refractivity contribution in [1.82, 2.24) is 9.88 Å². The molecule has 0 spiro atoms. The number of piperazine rings is 1. The van der Waals surface area contributed by atoms with Crippen molar-refractivity contribution >= 4 is 17.1 Å². The standard InChI is InChI=1S/C16H21N3O2/c1-2-4-15-14(3-1)17-16(21-15)19-9-7-18(8-10-19)13-5-11-20-12-6-13/h1-4,13H,5-12H2. The van der Waals surface area contributed by atoms with Crippen molar-refractivity contribution in [2.75, 3.05) is 44.3 Å². The van der Waals surface area contributed by atoms with Crippen molar-refractivity contribution < 1.29 is 9.15 Å². The molecule has 0 atom stereocenters. The van der Waals surface area contributed by atoms with Gasteiger partial charge in [0.2, 0.25) is 0 Å². The predicted octanol–water partition coefficient (Wildman–Crippen LogP) is 2.13. The van der Waals surface area contributed by atoms with Gasteiger partial charge in [-0.05, 0) is 25.0 Å². The van der Waals surface area contributed by atoms with Gasteiger partial charge in [0.05, 0.1) is 0 Å². The molecule has 0 bridgehead atoms. The summed E-state index contributed by atoms with van der Waals surface area (Å²) in [7, 11) is 0. The number of aromatic nitrogens is 1. The third kappa shape index (κ3) is 2.63. The van der Waals surface area contributed by atoms with Crippen LogP contribution >= 0.6 is 0 Å². The molecular formula is C16H21N3O2. The van der Waals surface area contributed by atoms with Gasteiger partial charge in [-0.25, -0.2) is 0 Å². The van der Waals surface area contributed by atoms with Crippen LogP contribution in [0.4, 0.5) is 6.01 Å². The van der Waals surface area contributed by atoms with Gasteiger partial charge in [-0.15, -0.1) is 0 Å². The Morgan fingerprint density at radius 1 is 1.00 bits per heavy atom. The van der Waals surface area contributed by atoms with E-state index < -0.39 is 0 Å². The first-order valence-electron chi connectivity index (χ1n) is 7.82. The topological polar surface area (TPSA) is 41.7 Å². The number of oxazole rings is 1. The van der Waals surface area contributed by atoms with Crippen LogP contribution in [-0.4, -0.2) is 55.3 Å². The second kappa shape index (κ2) is 5.66. The molecule has 4 rings (SSSR count). The number of hydrogen-bond donors (Lipinski definition) is 0. The zero-order chi connectivity index (χ0) is 14.1. The SMILES string of the molecule is c1ccc2oc(N3CCN(C4CCOCC4)CC3)nc2c1. The first-order chi connectivity index (χ1) is 10.4. The zero-order valence-electron chi connectivity index (χ0n) is 12.2. The summed E-state index contributed by atoms with van der Waals surface area (Å²) in [4.78, 5) is 9.45. The van der Waals surface area contributed by atoms with Crippen LogP contribution in [0.3, 0.4) is 0 Å². The molecule has 1 aromatic heterocycles. The number of para-hydroxylation sites is 2. The van der Waals surface area contributed by atoms with Crippen molar-refractivity contribution in [1.29, 1.82) is 0 Å². The highest BCUT2D eigenvalue weighted by Crippen LogP contribution is 2.24. The number of nitrogens with zero attached hydrogens (tertiary/aromatic N) is 3. The molecule has 0 aliphatic carbocycles. The lowest BCUT2D eigenvalue weighted by molar-refractivity contribution is 0.0318. The molecule has 2 aromatic rings. The molecule has 21 heavy (non-hydrogen) atoms. The van der Waals surface area contributed by atoms with Gasteiger partial charge < -0.3 is 14.1 Å². The van der Waals surface area contributed by atoms with E-state index in [1.807, 2.05) is 24.3 Å². The van der Waals surface area contributed by atoms with Crippen LogP contribution in [-0.2, 0) is 4.74 Å². The maximum absolute atomic E-state index is 5.86. The van der Waals surface area contributed by atoms with Gasteiger partial charge in [-0.2, -0.15) is 4.98 Å². The van der Waals surface area contributed by atoms with Gasteiger partial charge in [-0.3, -0.25) is 4.90 Å². The first kappa shape index (κ1) is 13.1. The number of fused-ring (bicyclic) bond motifs is 1.